The Hall–Kier alpha value is -4.32. The zero-order valence-electron chi connectivity index (χ0n) is 18.5. The van der Waals surface area contributed by atoms with E-state index in [1.807, 2.05) is 0 Å². The SMILES string of the molecule is Cc1c(O)cccc1Oc1cc(Oc2cccc(O)c2C)cc(Oc2cccc(O)c2C)c1. The van der Waals surface area contributed by atoms with E-state index < -0.39 is 0 Å². The molecule has 33 heavy (non-hydrogen) atoms. The van der Waals surface area contributed by atoms with Crippen LogP contribution in [0.5, 0.6) is 51.7 Å². The molecule has 168 valence electrons. The number of phenols is 3. The zero-order chi connectivity index (χ0) is 23.5. The van der Waals surface area contributed by atoms with E-state index in [9.17, 15) is 15.3 Å². The Kier molecular flexibility index (Phi) is 6.00. The molecular formula is C27H24O6. The largest absolute Gasteiger partial charge is 0.508 e. The van der Waals surface area contributed by atoms with E-state index in [0.29, 0.717) is 51.2 Å². The number of phenolic OH excluding ortho intramolecular Hbond substituents is 3. The Bertz CT molecular complexity index is 1140. The predicted molar refractivity (Wildman–Crippen MR) is 125 cm³/mol. The van der Waals surface area contributed by atoms with Gasteiger partial charge in [0.25, 0.3) is 0 Å². The first kappa shape index (κ1) is 21.9. The molecule has 0 bridgehead atoms. The maximum absolute atomic E-state index is 10.0. The van der Waals surface area contributed by atoms with Crippen LogP contribution in [0.4, 0.5) is 0 Å². The van der Waals surface area contributed by atoms with Crippen LogP contribution in [0, 0.1) is 20.8 Å². The monoisotopic (exact) mass is 444 g/mol. The Morgan fingerprint density at radius 3 is 1.00 bits per heavy atom. The van der Waals surface area contributed by atoms with Crippen LogP contribution >= 0.6 is 0 Å². The second-order valence-corrected chi connectivity index (χ2v) is 7.65. The van der Waals surface area contributed by atoms with Crippen molar-refractivity contribution < 1.29 is 29.5 Å². The van der Waals surface area contributed by atoms with Crippen LogP contribution in [0.3, 0.4) is 0 Å². The third kappa shape index (κ3) is 4.80. The summed E-state index contributed by atoms with van der Waals surface area (Å²) in [4.78, 5) is 0. The van der Waals surface area contributed by atoms with Gasteiger partial charge in [-0.3, -0.25) is 0 Å². The molecule has 0 heterocycles. The van der Waals surface area contributed by atoms with Crippen molar-refractivity contribution in [1.29, 1.82) is 0 Å². The molecule has 0 saturated carbocycles. The molecule has 0 saturated heterocycles. The topological polar surface area (TPSA) is 88.4 Å². The summed E-state index contributed by atoms with van der Waals surface area (Å²) in [6, 6.07) is 20.2. The van der Waals surface area contributed by atoms with Crippen molar-refractivity contribution in [1.82, 2.24) is 0 Å². The average Bonchev–Trinajstić information content (AvgIpc) is 2.78. The zero-order valence-corrected chi connectivity index (χ0v) is 18.5. The molecule has 0 aliphatic rings. The lowest BCUT2D eigenvalue weighted by Crippen LogP contribution is -1.94. The van der Waals surface area contributed by atoms with Gasteiger partial charge >= 0.3 is 0 Å². The molecule has 0 unspecified atom stereocenters. The number of ether oxygens (including phenoxy) is 3. The molecule has 0 spiro atoms. The standard InChI is InChI=1S/C27H24O6/c1-16-22(28)7-4-10-25(16)31-19-13-20(32-26-11-5-8-23(29)17(26)2)15-21(14-19)33-27-12-6-9-24(30)18(27)3/h4-15,28-30H,1-3H3. The molecule has 0 fully saturated rings. The third-order valence-electron chi connectivity index (χ3n) is 5.30. The van der Waals surface area contributed by atoms with Gasteiger partial charge < -0.3 is 29.5 Å². The number of hydrogen-bond donors (Lipinski definition) is 3. The van der Waals surface area contributed by atoms with Crippen molar-refractivity contribution in [2.75, 3.05) is 0 Å². The van der Waals surface area contributed by atoms with Crippen LogP contribution in [0.25, 0.3) is 0 Å². The van der Waals surface area contributed by atoms with Crippen LogP contribution in [-0.4, -0.2) is 15.3 Å². The van der Waals surface area contributed by atoms with Gasteiger partial charge in [-0.15, -0.1) is 0 Å². The van der Waals surface area contributed by atoms with Crippen LogP contribution in [0.1, 0.15) is 16.7 Å². The minimum atomic E-state index is 0.127. The van der Waals surface area contributed by atoms with Crippen LogP contribution in [0.15, 0.2) is 72.8 Å². The first-order chi connectivity index (χ1) is 15.8. The van der Waals surface area contributed by atoms with Crippen LogP contribution in [-0.2, 0) is 0 Å². The van der Waals surface area contributed by atoms with E-state index in [4.69, 9.17) is 14.2 Å². The summed E-state index contributed by atoms with van der Waals surface area (Å²) >= 11 is 0. The average molecular weight is 444 g/mol. The second-order valence-electron chi connectivity index (χ2n) is 7.65. The molecule has 4 rings (SSSR count). The van der Waals surface area contributed by atoms with Gasteiger partial charge in [0.2, 0.25) is 0 Å². The van der Waals surface area contributed by atoms with E-state index in [1.54, 1.807) is 93.6 Å². The van der Waals surface area contributed by atoms with E-state index in [-0.39, 0.29) is 17.2 Å². The first-order valence-corrected chi connectivity index (χ1v) is 10.4. The van der Waals surface area contributed by atoms with Crippen molar-refractivity contribution in [3.63, 3.8) is 0 Å². The van der Waals surface area contributed by atoms with Crippen molar-refractivity contribution in [2.24, 2.45) is 0 Å². The minimum Gasteiger partial charge on any atom is -0.508 e. The summed E-state index contributed by atoms with van der Waals surface area (Å²) in [5.41, 5.74) is 1.79. The summed E-state index contributed by atoms with van der Waals surface area (Å²) < 4.78 is 18.1. The summed E-state index contributed by atoms with van der Waals surface area (Å²) in [7, 11) is 0. The number of aromatic hydroxyl groups is 3. The third-order valence-corrected chi connectivity index (χ3v) is 5.30. The smallest absolute Gasteiger partial charge is 0.134 e. The highest BCUT2D eigenvalue weighted by Crippen LogP contribution is 2.39. The Balaban J connectivity index is 1.74. The van der Waals surface area contributed by atoms with E-state index in [0.717, 1.165) is 0 Å². The quantitative estimate of drug-likeness (QED) is 0.294. The van der Waals surface area contributed by atoms with Gasteiger partial charge in [-0.05, 0) is 57.2 Å². The Labute approximate surface area is 191 Å². The molecule has 6 nitrogen and oxygen atoms in total. The lowest BCUT2D eigenvalue weighted by atomic mass is 10.2. The van der Waals surface area contributed by atoms with Gasteiger partial charge in [0.15, 0.2) is 0 Å². The predicted octanol–water partition coefficient (Wildman–Crippen LogP) is 7.11. The Morgan fingerprint density at radius 1 is 0.455 bits per heavy atom. The Morgan fingerprint density at radius 2 is 0.727 bits per heavy atom. The lowest BCUT2D eigenvalue weighted by molar-refractivity contribution is 0.424. The fraction of sp³-hybridized carbons (Fsp3) is 0.111. The van der Waals surface area contributed by atoms with Gasteiger partial charge in [-0.25, -0.2) is 0 Å². The fourth-order valence-corrected chi connectivity index (χ4v) is 3.24. The first-order valence-electron chi connectivity index (χ1n) is 10.4. The molecule has 0 aliphatic carbocycles. The summed E-state index contributed by atoms with van der Waals surface area (Å²) in [6.07, 6.45) is 0. The summed E-state index contributed by atoms with van der Waals surface area (Å²) in [5.74, 6) is 3.11. The van der Waals surface area contributed by atoms with Gasteiger partial charge in [-0.2, -0.15) is 0 Å². The van der Waals surface area contributed by atoms with E-state index in [2.05, 4.69) is 0 Å². The molecule has 0 amide bonds. The van der Waals surface area contributed by atoms with Gasteiger partial charge in [0.1, 0.15) is 51.7 Å². The molecule has 4 aromatic rings. The van der Waals surface area contributed by atoms with Crippen LogP contribution in [0.2, 0.25) is 0 Å². The number of rotatable bonds is 6. The van der Waals surface area contributed by atoms with Crippen molar-refractivity contribution in [2.45, 2.75) is 20.8 Å². The molecule has 4 aromatic carbocycles. The number of benzene rings is 4. The maximum Gasteiger partial charge on any atom is 0.134 e. The molecular weight excluding hydrogens is 420 g/mol. The highest BCUT2D eigenvalue weighted by atomic mass is 16.5. The van der Waals surface area contributed by atoms with Gasteiger partial charge in [-0.1, -0.05) is 18.2 Å². The van der Waals surface area contributed by atoms with Crippen molar-refractivity contribution in [3.05, 3.63) is 89.5 Å². The summed E-state index contributed by atoms with van der Waals surface area (Å²) in [6.45, 7) is 5.28. The molecule has 0 aliphatic heterocycles. The van der Waals surface area contributed by atoms with E-state index in [1.165, 1.54) is 0 Å². The van der Waals surface area contributed by atoms with Gasteiger partial charge in [0.05, 0.1) is 0 Å². The van der Waals surface area contributed by atoms with Crippen molar-refractivity contribution >= 4 is 0 Å². The fourth-order valence-electron chi connectivity index (χ4n) is 3.24. The molecule has 6 heteroatoms. The van der Waals surface area contributed by atoms with E-state index >= 15 is 0 Å². The summed E-state index contributed by atoms with van der Waals surface area (Å²) in [5, 5.41) is 30.0. The lowest BCUT2D eigenvalue weighted by Gasteiger charge is -2.16. The van der Waals surface area contributed by atoms with Crippen LogP contribution < -0.4 is 14.2 Å². The van der Waals surface area contributed by atoms with Crippen molar-refractivity contribution in [3.8, 4) is 51.7 Å². The highest BCUT2D eigenvalue weighted by molar-refractivity contribution is 5.52. The maximum atomic E-state index is 10.0. The minimum absolute atomic E-state index is 0.127. The molecule has 3 N–H and O–H groups in total. The molecule has 0 aromatic heterocycles. The highest BCUT2D eigenvalue weighted by Gasteiger charge is 2.13. The second kappa shape index (κ2) is 9.04. The molecule has 0 radical (unpaired) electrons. The van der Waals surface area contributed by atoms with Gasteiger partial charge in [0, 0.05) is 34.9 Å². The molecule has 0 atom stereocenters. The normalized spacial score (nSPS) is 10.6. The number of hydrogen-bond acceptors (Lipinski definition) is 6.